The van der Waals surface area contributed by atoms with Gasteiger partial charge >= 0.3 is 0 Å². The van der Waals surface area contributed by atoms with Gasteiger partial charge in [-0.15, -0.1) is 0 Å². The Morgan fingerprint density at radius 2 is 1.86 bits per heavy atom. The number of anilines is 1. The van der Waals surface area contributed by atoms with E-state index in [4.69, 9.17) is 4.74 Å². The Morgan fingerprint density at radius 1 is 1.14 bits per heavy atom. The summed E-state index contributed by atoms with van der Waals surface area (Å²) in [6, 6.07) is 14.8. The number of hydrogen-bond acceptors (Lipinski definition) is 3. The molecule has 0 saturated carbocycles. The van der Waals surface area contributed by atoms with Crippen LogP contribution in [0.1, 0.15) is 10.5 Å². The number of hydrogen-bond donors (Lipinski definition) is 1. The standard InChI is InChI=1S/C16H15N3O2/c1-19-14-6-4-3-5-13(14)15(18-19)16(20)17-11-7-9-12(21-2)10-8-11/h3-10H,1-2H3,(H,17,20). The SMILES string of the molecule is COc1ccc(NC(=O)c2nn(C)c3ccccc23)cc1. The third-order valence-electron chi connectivity index (χ3n) is 3.32. The van der Waals surface area contributed by atoms with E-state index >= 15 is 0 Å². The van der Waals surface area contributed by atoms with Gasteiger partial charge in [0, 0.05) is 18.1 Å². The molecule has 0 unspecified atom stereocenters. The van der Waals surface area contributed by atoms with Crippen molar-refractivity contribution < 1.29 is 9.53 Å². The molecule has 5 heteroatoms. The smallest absolute Gasteiger partial charge is 0.276 e. The van der Waals surface area contributed by atoms with E-state index in [2.05, 4.69) is 10.4 Å². The summed E-state index contributed by atoms with van der Waals surface area (Å²) in [5.74, 6) is 0.522. The summed E-state index contributed by atoms with van der Waals surface area (Å²) in [4.78, 5) is 12.4. The first-order valence-corrected chi connectivity index (χ1v) is 6.56. The highest BCUT2D eigenvalue weighted by Crippen LogP contribution is 2.20. The van der Waals surface area contributed by atoms with Crippen molar-refractivity contribution in [2.75, 3.05) is 12.4 Å². The van der Waals surface area contributed by atoms with Crippen molar-refractivity contribution in [1.29, 1.82) is 0 Å². The fourth-order valence-electron chi connectivity index (χ4n) is 2.25. The number of methoxy groups -OCH3 is 1. The van der Waals surface area contributed by atoms with E-state index in [1.54, 1.807) is 36.1 Å². The van der Waals surface area contributed by atoms with Crippen LogP contribution in [0.3, 0.4) is 0 Å². The number of benzene rings is 2. The molecule has 0 saturated heterocycles. The number of aryl methyl sites for hydroxylation is 1. The third kappa shape index (κ3) is 2.45. The maximum absolute atomic E-state index is 12.4. The van der Waals surface area contributed by atoms with E-state index in [1.165, 1.54) is 0 Å². The highest BCUT2D eigenvalue weighted by atomic mass is 16.5. The van der Waals surface area contributed by atoms with Gasteiger partial charge in [0.15, 0.2) is 5.69 Å². The molecule has 1 aromatic heterocycles. The Morgan fingerprint density at radius 3 is 2.57 bits per heavy atom. The van der Waals surface area contributed by atoms with E-state index in [0.29, 0.717) is 11.4 Å². The zero-order valence-electron chi connectivity index (χ0n) is 11.8. The fourth-order valence-corrected chi connectivity index (χ4v) is 2.25. The number of nitrogens with zero attached hydrogens (tertiary/aromatic N) is 2. The van der Waals surface area contributed by atoms with Crippen molar-refractivity contribution in [3.8, 4) is 5.75 Å². The van der Waals surface area contributed by atoms with Gasteiger partial charge in [0.05, 0.1) is 12.6 Å². The van der Waals surface area contributed by atoms with Gasteiger partial charge in [-0.2, -0.15) is 5.10 Å². The summed E-state index contributed by atoms with van der Waals surface area (Å²) in [7, 11) is 3.43. The highest BCUT2D eigenvalue weighted by molar-refractivity contribution is 6.11. The van der Waals surface area contributed by atoms with E-state index < -0.39 is 0 Å². The van der Waals surface area contributed by atoms with Gasteiger partial charge in [-0.1, -0.05) is 18.2 Å². The van der Waals surface area contributed by atoms with Gasteiger partial charge in [0.1, 0.15) is 5.75 Å². The third-order valence-corrected chi connectivity index (χ3v) is 3.32. The second-order valence-corrected chi connectivity index (χ2v) is 4.67. The molecule has 1 amide bonds. The number of aromatic nitrogens is 2. The Hall–Kier alpha value is -2.82. The van der Waals surface area contributed by atoms with E-state index in [9.17, 15) is 4.79 Å². The molecule has 0 aliphatic rings. The summed E-state index contributed by atoms with van der Waals surface area (Å²) in [6.07, 6.45) is 0. The summed E-state index contributed by atoms with van der Waals surface area (Å²) in [6.45, 7) is 0. The lowest BCUT2D eigenvalue weighted by Gasteiger charge is -2.04. The minimum absolute atomic E-state index is 0.225. The molecule has 0 atom stereocenters. The average molecular weight is 281 g/mol. The number of nitrogens with one attached hydrogen (secondary N) is 1. The van der Waals surface area contributed by atoms with Crippen LogP contribution in [0.4, 0.5) is 5.69 Å². The van der Waals surface area contributed by atoms with Crippen LogP contribution in [0.2, 0.25) is 0 Å². The van der Waals surface area contributed by atoms with Gasteiger partial charge in [0.2, 0.25) is 0 Å². The monoisotopic (exact) mass is 281 g/mol. The summed E-state index contributed by atoms with van der Waals surface area (Å²) < 4.78 is 6.80. The Kier molecular flexibility index (Phi) is 3.31. The first kappa shape index (κ1) is 13.2. The molecule has 0 bridgehead atoms. The molecule has 3 rings (SSSR count). The summed E-state index contributed by atoms with van der Waals surface area (Å²) >= 11 is 0. The normalized spacial score (nSPS) is 10.6. The number of para-hydroxylation sites is 1. The lowest BCUT2D eigenvalue weighted by Crippen LogP contribution is -2.13. The molecular weight excluding hydrogens is 266 g/mol. The molecule has 5 nitrogen and oxygen atoms in total. The van der Waals surface area contributed by atoms with Gasteiger partial charge in [-0.3, -0.25) is 9.48 Å². The summed E-state index contributed by atoms with van der Waals surface area (Å²) in [5.41, 5.74) is 2.05. The Labute approximate surface area is 122 Å². The number of carbonyl (C=O) groups excluding carboxylic acids is 1. The van der Waals surface area contributed by atoms with Crippen LogP contribution in [0.25, 0.3) is 10.9 Å². The molecule has 0 radical (unpaired) electrons. The highest BCUT2D eigenvalue weighted by Gasteiger charge is 2.15. The second-order valence-electron chi connectivity index (χ2n) is 4.67. The maximum Gasteiger partial charge on any atom is 0.276 e. The van der Waals surface area contributed by atoms with E-state index in [-0.39, 0.29) is 5.91 Å². The van der Waals surface area contributed by atoms with Crippen molar-refractivity contribution in [2.24, 2.45) is 7.05 Å². The molecule has 1 N–H and O–H groups in total. The van der Waals surface area contributed by atoms with Gasteiger partial charge in [-0.05, 0) is 30.3 Å². The first-order chi connectivity index (χ1) is 10.2. The Bertz CT molecular complexity index is 791. The molecule has 3 aromatic rings. The van der Waals surface area contributed by atoms with Crippen LogP contribution in [0.5, 0.6) is 5.75 Å². The van der Waals surface area contributed by atoms with Crippen LogP contribution in [-0.2, 0) is 7.05 Å². The van der Waals surface area contributed by atoms with E-state index in [1.807, 2.05) is 31.3 Å². The zero-order valence-corrected chi connectivity index (χ0v) is 11.8. The van der Waals surface area contributed by atoms with Crippen molar-refractivity contribution in [3.63, 3.8) is 0 Å². The molecule has 21 heavy (non-hydrogen) atoms. The lowest BCUT2D eigenvalue weighted by molar-refractivity contribution is 0.102. The zero-order chi connectivity index (χ0) is 14.8. The first-order valence-electron chi connectivity index (χ1n) is 6.56. The van der Waals surface area contributed by atoms with Gasteiger partial charge in [0.25, 0.3) is 5.91 Å². The number of rotatable bonds is 3. The van der Waals surface area contributed by atoms with Crippen molar-refractivity contribution in [1.82, 2.24) is 9.78 Å². The van der Waals surface area contributed by atoms with Crippen molar-refractivity contribution in [2.45, 2.75) is 0 Å². The molecule has 0 aliphatic carbocycles. The summed E-state index contributed by atoms with van der Waals surface area (Å²) in [5, 5.41) is 7.98. The van der Waals surface area contributed by atoms with E-state index in [0.717, 1.165) is 16.7 Å². The van der Waals surface area contributed by atoms with Crippen LogP contribution in [0.15, 0.2) is 48.5 Å². The maximum atomic E-state index is 12.4. The van der Waals surface area contributed by atoms with Crippen LogP contribution in [-0.4, -0.2) is 22.8 Å². The molecule has 0 fully saturated rings. The molecule has 0 aliphatic heterocycles. The van der Waals surface area contributed by atoms with Crippen LogP contribution >= 0.6 is 0 Å². The predicted molar refractivity (Wildman–Crippen MR) is 81.7 cm³/mol. The number of ether oxygens (including phenoxy) is 1. The minimum atomic E-state index is -0.225. The van der Waals surface area contributed by atoms with Crippen LogP contribution < -0.4 is 10.1 Å². The van der Waals surface area contributed by atoms with Crippen molar-refractivity contribution in [3.05, 3.63) is 54.2 Å². The molecule has 0 spiro atoms. The van der Waals surface area contributed by atoms with Crippen LogP contribution in [0, 0.1) is 0 Å². The van der Waals surface area contributed by atoms with Gasteiger partial charge < -0.3 is 10.1 Å². The number of carbonyl (C=O) groups is 1. The van der Waals surface area contributed by atoms with Gasteiger partial charge in [-0.25, -0.2) is 0 Å². The fraction of sp³-hybridized carbons (Fsp3) is 0.125. The minimum Gasteiger partial charge on any atom is -0.497 e. The quantitative estimate of drug-likeness (QED) is 0.803. The predicted octanol–water partition coefficient (Wildman–Crippen LogP) is 2.83. The second kappa shape index (κ2) is 5.28. The average Bonchev–Trinajstić information content (AvgIpc) is 2.86. The Balaban J connectivity index is 1.90. The lowest BCUT2D eigenvalue weighted by atomic mass is 10.2. The largest absolute Gasteiger partial charge is 0.497 e. The molecule has 1 heterocycles. The number of fused-ring (bicyclic) bond motifs is 1. The van der Waals surface area contributed by atoms with Crippen molar-refractivity contribution >= 4 is 22.5 Å². The molecule has 2 aromatic carbocycles. The molecular formula is C16H15N3O2. The number of amides is 1. The molecule has 106 valence electrons. The topological polar surface area (TPSA) is 56.1 Å².